The van der Waals surface area contributed by atoms with Crippen molar-refractivity contribution < 1.29 is 17.9 Å². The maximum absolute atomic E-state index is 11.6. The summed E-state index contributed by atoms with van der Waals surface area (Å²) in [6.07, 6.45) is 1.03. The van der Waals surface area contributed by atoms with E-state index in [1.807, 2.05) is 0 Å². The van der Waals surface area contributed by atoms with Gasteiger partial charge in [-0.25, -0.2) is 13.2 Å². The summed E-state index contributed by atoms with van der Waals surface area (Å²) in [4.78, 5) is 11.6. The highest BCUT2D eigenvalue weighted by atomic mass is 35.5. The van der Waals surface area contributed by atoms with Crippen molar-refractivity contribution in [3.05, 3.63) is 41.4 Å². The number of esters is 1. The van der Waals surface area contributed by atoms with Crippen molar-refractivity contribution in [2.45, 2.75) is 4.90 Å². The lowest BCUT2D eigenvalue weighted by atomic mass is 10.2. The normalized spacial score (nSPS) is 10.9. The van der Waals surface area contributed by atoms with Gasteiger partial charge >= 0.3 is 5.97 Å². The van der Waals surface area contributed by atoms with E-state index in [1.165, 1.54) is 18.2 Å². The van der Waals surface area contributed by atoms with Crippen LogP contribution in [0.1, 0.15) is 10.4 Å². The summed E-state index contributed by atoms with van der Waals surface area (Å²) in [6, 6.07) is 5.82. The van der Waals surface area contributed by atoms with Crippen LogP contribution in [-0.4, -0.2) is 27.2 Å². The fourth-order valence-electron chi connectivity index (χ4n) is 1.18. The first-order valence-corrected chi connectivity index (χ1v) is 6.89. The Kier molecular flexibility index (Phi) is 4.31. The topological polar surface area (TPSA) is 60.4 Å². The molecule has 0 heterocycles. The Bertz CT molecular complexity index is 548. The Morgan fingerprint density at radius 1 is 1.41 bits per heavy atom. The van der Waals surface area contributed by atoms with Gasteiger partial charge in [0, 0.05) is 11.3 Å². The van der Waals surface area contributed by atoms with Crippen LogP contribution < -0.4 is 0 Å². The summed E-state index contributed by atoms with van der Waals surface area (Å²) in [5.41, 5.74) is -0.00656. The van der Waals surface area contributed by atoms with Crippen molar-refractivity contribution in [1.82, 2.24) is 0 Å². The minimum absolute atomic E-state index is 0.00656. The summed E-state index contributed by atoms with van der Waals surface area (Å²) in [5, 5.41) is 0.162. The Morgan fingerprint density at radius 3 is 2.53 bits per heavy atom. The molecule has 0 fully saturated rings. The predicted octanol–water partition coefficient (Wildman–Crippen LogP) is 2.00. The van der Waals surface area contributed by atoms with Gasteiger partial charge in [0.2, 0.25) is 0 Å². The third-order valence-electron chi connectivity index (χ3n) is 1.87. The van der Waals surface area contributed by atoms with E-state index >= 15 is 0 Å². The minimum atomic E-state index is -3.47. The molecule has 1 aromatic rings. The van der Waals surface area contributed by atoms with Gasteiger partial charge in [-0.3, -0.25) is 0 Å². The third kappa shape index (κ3) is 3.87. The monoisotopic (exact) mass is 274 g/mol. The van der Waals surface area contributed by atoms with Crippen LogP contribution in [0.4, 0.5) is 0 Å². The van der Waals surface area contributed by atoms with E-state index in [2.05, 4.69) is 6.58 Å². The van der Waals surface area contributed by atoms with Gasteiger partial charge in [0.05, 0.1) is 10.5 Å². The van der Waals surface area contributed by atoms with Gasteiger partial charge in [-0.1, -0.05) is 30.3 Å². The summed E-state index contributed by atoms with van der Waals surface area (Å²) < 4.78 is 27.7. The SMILES string of the molecule is C=C(Cl)COC(=O)c1ccccc1S(C)(=O)=O. The maximum atomic E-state index is 11.6. The molecular formula is C11H11ClO4S. The molecule has 1 rings (SSSR count). The largest absolute Gasteiger partial charge is 0.456 e. The Morgan fingerprint density at radius 2 is 2.00 bits per heavy atom. The van der Waals surface area contributed by atoms with E-state index in [0.717, 1.165) is 6.26 Å². The number of hydrogen-bond donors (Lipinski definition) is 0. The molecule has 0 aliphatic carbocycles. The van der Waals surface area contributed by atoms with E-state index in [1.54, 1.807) is 6.07 Å². The Hall–Kier alpha value is -1.33. The number of sulfone groups is 1. The van der Waals surface area contributed by atoms with Crippen LogP contribution in [-0.2, 0) is 14.6 Å². The standard InChI is InChI=1S/C11H11ClO4S/c1-8(12)7-16-11(13)9-5-3-4-6-10(9)17(2,14)15/h3-6H,1,7H2,2H3. The molecular weight excluding hydrogens is 264 g/mol. The molecule has 1 aromatic carbocycles. The molecule has 0 saturated carbocycles. The van der Waals surface area contributed by atoms with Crippen LogP contribution in [0.25, 0.3) is 0 Å². The van der Waals surface area contributed by atoms with E-state index in [-0.39, 0.29) is 22.1 Å². The van der Waals surface area contributed by atoms with Crippen molar-refractivity contribution in [2.75, 3.05) is 12.9 Å². The van der Waals surface area contributed by atoms with E-state index in [4.69, 9.17) is 16.3 Å². The molecule has 6 heteroatoms. The predicted molar refractivity (Wildman–Crippen MR) is 64.8 cm³/mol. The number of halogens is 1. The second-order valence-electron chi connectivity index (χ2n) is 3.36. The van der Waals surface area contributed by atoms with Crippen molar-refractivity contribution in [3.8, 4) is 0 Å². The van der Waals surface area contributed by atoms with Crippen LogP contribution >= 0.6 is 11.6 Å². The first kappa shape index (κ1) is 13.7. The number of carbonyl (C=O) groups is 1. The van der Waals surface area contributed by atoms with E-state index in [0.29, 0.717) is 0 Å². The maximum Gasteiger partial charge on any atom is 0.339 e. The molecule has 0 N–H and O–H groups in total. The van der Waals surface area contributed by atoms with Crippen molar-refractivity contribution >= 4 is 27.4 Å². The molecule has 0 unspecified atom stereocenters. The molecule has 0 atom stereocenters. The smallest absolute Gasteiger partial charge is 0.339 e. The average molecular weight is 275 g/mol. The fraction of sp³-hybridized carbons (Fsp3) is 0.182. The van der Waals surface area contributed by atoms with Crippen LogP contribution in [0.5, 0.6) is 0 Å². The van der Waals surface area contributed by atoms with Crippen molar-refractivity contribution in [2.24, 2.45) is 0 Å². The van der Waals surface area contributed by atoms with Crippen LogP contribution in [0.15, 0.2) is 40.8 Å². The summed E-state index contributed by atoms with van der Waals surface area (Å²) >= 11 is 5.45. The summed E-state index contributed by atoms with van der Waals surface area (Å²) in [6.45, 7) is 3.21. The van der Waals surface area contributed by atoms with Gasteiger partial charge in [0.1, 0.15) is 6.61 Å². The molecule has 0 spiro atoms. The molecule has 0 saturated heterocycles. The molecule has 4 nitrogen and oxygen atoms in total. The second kappa shape index (κ2) is 5.33. The van der Waals surface area contributed by atoms with Gasteiger partial charge in [-0.2, -0.15) is 0 Å². The minimum Gasteiger partial charge on any atom is -0.456 e. The number of carbonyl (C=O) groups excluding carboxylic acids is 1. The molecule has 0 amide bonds. The lowest BCUT2D eigenvalue weighted by Gasteiger charge is -2.07. The first-order chi connectivity index (χ1) is 7.82. The third-order valence-corrected chi connectivity index (χ3v) is 3.13. The number of hydrogen-bond acceptors (Lipinski definition) is 4. The van der Waals surface area contributed by atoms with E-state index < -0.39 is 15.8 Å². The van der Waals surface area contributed by atoms with Gasteiger partial charge in [-0.15, -0.1) is 0 Å². The molecule has 0 radical (unpaired) electrons. The number of benzene rings is 1. The molecule has 0 aliphatic heterocycles. The second-order valence-corrected chi connectivity index (χ2v) is 5.88. The van der Waals surface area contributed by atoms with Gasteiger partial charge in [0.15, 0.2) is 9.84 Å². The summed E-state index contributed by atoms with van der Waals surface area (Å²) in [7, 11) is -3.47. The quantitative estimate of drug-likeness (QED) is 0.788. The highest BCUT2D eigenvalue weighted by Crippen LogP contribution is 2.16. The zero-order valence-electron chi connectivity index (χ0n) is 9.14. The van der Waals surface area contributed by atoms with Crippen LogP contribution in [0.3, 0.4) is 0 Å². The lowest BCUT2D eigenvalue weighted by molar-refractivity contribution is 0.0541. The van der Waals surface area contributed by atoms with Gasteiger partial charge in [0.25, 0.3) is 0 Å². The van der Waals surface area contributed by atoms with Crippen molar-refractivity contribution in [3.63, 3.8) is 0 Å². The molecule has 92 valence electrons. The van der Waals surface area contributed by atoms with Crippen LogP contribution in [0.2, 0.25) is 0 Å². The molecule has 0 aromatic heterocycles. The zero-order valence-corrected chi connectivity index (χ0v) is 10.7. The molecule has 0 aliphatic rings. The zero-order chi connectivity index (χ0) is 13.1. The molecule has 0 bridgehead atoms. The highest BCUT2D eigenvalue weighted by molar-refractivity contribution is 7.90. The van der Waals surface area contributed by atoms with Gasteiger partial charge < -0.3 is 4.74 Å². The Balaban J connectivity index is 3.06. The average Bonchev–Trinajstić information content (AvgIpc) is 2.24. The van der Waals surface area contributed by atoms with Crippen LogP contribution in [0, 0.1) is 0 Å². The van der Waals surface area contributed by atoms with Crippen molar-refractivity contribution in [1.29, 1.82) is 0 Å². The number of rotatable bonds is 4. The number of ether oxygens (including phenoxy) is 1. The lowest BCUT2D eigenvalue weighted by Crippen LogP contribution is -2.11. The fourth-order valence-corrected chi connectivity index (χ4v) is 2.11. The first-order valence-electron chi connectivity index (χ1n) is 4.62. The van der Waals surface area contributed by atoms with E-state index in [9.17, 15) is 13.2 Å². The molecule has 17 heavy (non-hydrogen) atoms. The highest BCUT2D eigenvalue weighted by Gasteiger charge is 2.19. The Labute approximate surface area is 105 Å². The van der Waals surface area contributed by atoms with Gasteiger partial charge in [-0.05, 0) is 12.1 Å². The summed E-state index contributed by atoms with van der Waals surface area (Å²) in [5.74, 6) is -0.743.